The minimum atomic E-state index is -5.39. The SMILES string of the molecule is O=C1c2cnc3cccc(n23)CN1CCCCNS(=O)(=O)C(F)(F)F.O=c1c2cccc3ncc(c(=O)n1CCCCNS(=O)(=O)C(F)(F)F)n32. The summed E-state index contributed by atoms with van der Waals surface area (Å²) in [6.07, 6.45) is 3.56. The molecule has 0 fully saturated rings. The highest BCUT2D eigenvalue weighted by Gasteiger charge is 2.46. The molecule has 6 rings (SSSR count). The first-order valence-corrected chi connectivity index (χ1v) is 18.0. The normalized spacial score (nSPS) is 14.1. The molecule has 15 nitrogen and oxygen atoms in total. The van der Waals surface area contributed by atoms with Gasteiger partial charge in [0.2, 0.25) is 0 Å². The molecule has 0 bridgehead atoms. The van der Waals surface area contributed by atoms with Crippen molar-refractivity contribution in [1.29, 1.82) is 0 Å². The van der Waals surface area contributed by atoms with Gasteiger partial charge < -0.3 is 4.90 Å². The van der Waals surface area contributed by atoms with Gasteiger partial charge >= 0.3 is 31.1 Å². The zero-order valence-corrected chi connectivity index (χ0v) is 27.7. The second-order valence-corrected chi connectivity index (χ2v) is 14.7. The Kier molecular flexibility index (Phi) is 10.5. The summed E-state index contributed by atoms with van der Waals surface area (Å²) in [5.74, 6) is -0.206. The van der Waals surface area contributed by atoms with Gasteiger partial charge in [-0.2, -0.15) is 26.3 Å². The van der Waals surface area contributed by atoms with Crippen LogP contribution < -0.4 is 20.6 Å². The molecular formula is C28H28F6N8O7S2. The molecule has 5 aromatic heterocycles. The van der Waals surface area contributed by atoms with Crippen LogP contribution in [0.1, 0.15) is 41.9 Å². The van der Waals surface area contributed by atoms with Gasteiger partial charge in [-0.05, 0) is 49.9 Å². The maximum atomic E-state index is 12.5. The Balaban J connectivity index is 0.000000198. The van der Waals surface area contributed by atoms with Gasteiger partial charge in [0.1, 0.15) is 28.0 Å². The number of imidazole rings is 2. The molecule has 1 amide bonds. The first-order chi connectivity index (χ1) is 23.8. The third-order valence-electron chi connectivity index (χ3n) is 7.78. The van der Waals surface area contributed by atoms with Crippen molar-refractivity contribution in [3.63, 3.8) is 0 Å². The molecule has 0 spiro atoms. The van der Waals surface area contributed by atoms with Crippen molar-refractivity contribution in [2.24, 2.45) is 0 Å². The van der Waals surface area contributed by atoms with Crippen LogP contribution >= 0.6 is 0 Å². The fourth-order valence-corrected chi connectivity index (χ4v) is 6.47. The number of hydrogen-bond acceptors (Lipinski definition) is 9. The number of sulfonamides is 2. The minimum absolute atomic E-state index is 0.0236. The zero-order valence-electron chi connectivity index (χ0n) is 26.1. The number of carbonyl (C=O) groups excluding carboxylic acids is 1. The van der Waals surface area contributed by atoms with E-state index in [0.29, 0.717) is 36.5 Å². The van der Waals surface area contributed by atoms with Gasteiger partial charge in [0, 0.05) is 31.9 Å². The fraction of sp³-hybridized carbons (Fsp3) is 0.393. The largest absolute Gasteiger partial charge is 0.511 e. The quantitative estimate of drug-likeness (QED) is 0.142. The van der Waals surface area contributed by atoms with E-state index in [4.69, 9.17) is 0 Å². The summed E-state index contributed by atoms with van der Waals surface area (Å²) in [6.45, 7) is -0.155. The molecule has 6 heterocycles. The number of halogens is 6. The van der Waals surface area contributed by atoms with Crippen molar-refractivity contribution in [2.75, 3.05) is 19.6 Å². The predicted octanol–water partition coefficient (Wildman–Crippen LogP) is 2.18. The van der Waals surface area contributed by atoms with Gasteiger partial charge in [0.05, 0.1) is 18.9 Å². The van der Waals surface area contributed by atoms with Crippen molar-refractivity contribution < 1.29 is 48.0 Å². The number of alkyl halides is 6. The lowest BCUT2D eigenvalue weighted by Gasteiger charge is -2.27. The molecule has 1 aliphatic heterocycles. The second kappa shape index (κ2) is 14.2. The maximum Gasteiger partial charge on any atom is 0.511 e. The number of hydrogen-bond donors (Lipinski definition) is 2. The topological polar surface area (TPSA) is 186 Å². The van der Waals surface area contributed by atoms with Gasteiger partial charge in [-0.15, -0.1) is 0 Å². The molecule has 0 radical (unpaired) electrons. The Morgan fingerprint density at radius 2 is 1.20 bits per heavy atom. The van der Waals surface area contributed by atoms with E-state index < -0.39 is 48.7 Å². The number of rotatable bonds is 12. The molecule has 0 atom stereocenters. The number of aromatic nitrogens is 5. The van der Waals surface area contributed by atoms with Gasteiger partial charge in [-0.25, -0.2) is 36.2 Å². The lowest BCUT2D eigenvalue weighted by atomic mass is 10.2. The predicted molar refractivity (Wildman–Crippen MR) is 169 cm³/mol. The highest BCUT2D eigenvalue weighted by molar-refractivity contribution is 7.90. The van der Waals surface area contributed by atoms with Crippen LogP contribution in [0.3, 0.4) is 0 Å². The standard InChI is InChI=1S/C14H13F3N4O4S.C14H15F3N4O3S/c15-14(16,17)26(24,25)19-6-1-2-7-20-12(22)9-4-3-5-11-18-8-10(13(20)23)21(9)11;15-14(16,17)25(23,24)19-6-1-2-7-20-9-10-4-3-5-12-18-8-11(13(20)22)21(10)12/h3-5,8,19H,1-2,6-7H2;3-5,8,19H,1-2,6-7,9H2. The monoisotopic (exact) mass is 766 g/mol. The lowest BCUT2D eigenvalue weighted by Crippen LogP contribution is -2.38. The number of nitrogens with one attached hydrogen (secondary N) is 2. The molecule has 0 saturated carbocycles. The number of amides is 1. The summed E-state index contributed by atoms with van der Waals surface area (Å²) in [4.78, 5) is 47.1. The molecule has 51 heavy (non-hydrogen) atoms. The van der Waals surface area contributed by atoms with Crippen LogP contribution in [0.5, 0.6) is 0 Å². The van der Waals surface area contributed by atoms with Crippen molar-refractivity contribution >= 4 is 48.3 Å². The molecule has 2 N–H and O–H groups in total. The molecule has 1 aliphatic rings. The maximum absolute atomic E-state index is 12.5. The summed E-state index contributed by atoms with van der Waals surface area (Å²) in [7, 11) is -10.7. The lowest BCUT2D eigenvalue weighted by molar-refractivity contribution is -0.0453. The van der Waals surface area contributed by atoms with Crippen molar-refractivity contribution in [2.45, 2.75) is 49.8 Å². The highest BCUT2D eigenvalue weighted by Crippen LogP contribution is 2.23. The van der Waals surface area contributed by atoms with Crippen molar-refractivity contribution in [3.05, 3.63) is 80.9 Å². The number of unbranched alkanes of at least 4 members (excludes halogenated alkanes) is 2. The number of carbonyl (C=O) groups is 1. The van der Waals surface area contributed by atoms with Crippen LogP contribution in [0, 0.1) is 0 Å². The van der Waals surface area contributed by atoms with Crippen LogP contribution in [-0.4, -0.2) is 81.6 Å². The Morgan fingerprint density at radius 3 is 1.80 bits per heavy atom. The molecule has 0 unspecified atom stereocenters. The van der Waals surface area contributed by atoms with E-state index >= 15 is 0 Å². The van der Waals surface area contributed by atoms with E-state index in [1.165, 1.54) is 32.3 Å². The van der Waals surface area contributed by atoms with E-state index in [0.717, 1.165) is 10.3 Å². The highest BCUT2D eigenvalue weighted by atomic mass is 32.2. The van der Waals surface area contributed by atoms with Gasteiger partial charge in [0.15, 0.2) is 0 Å². The van der Waals surface area contributed by atoms with Gasteiger partial charge in [-0.3, -0.25) is 27.8 Å². The molecule has 0 saturated heterocycles. The summed E-state index contributed by atoms with van der Waals surface area (Å²) in [6, 6.07) is 10.3. The number of pyridine rings is 2. The van der Waals surface area contributed by atoms with Crippen molar-refractivity contribution in [3.8, 4) is 0 Å². The van der Waals surface area contributed by atoms with E-state index in [-0.39, 0.29) is 49.3 Å². The molecular weight excluding hydrogens is 738 g/mol. The van der Waals surface area contributed by atoms with Crippen LogP contribution in [0.25, 0.3) is 22.3 Å². The third kappa shape index (κ3) is 7.69. The van der Waals surface area contributed by atoms with Crippen LogP contribution in [0.2, 0.25) is 0 Å². The smallest absolute Gasteiger partial charge is 0.331 e. The molecule has 23 heteroatoms. The summed E-state index contributed by atoms with van der Waals surface area (Å²) >= 11 is 0. The van der Waals surface area contributed by atoms with Crippen LogP contribution in [0.15, 0.2) is 58.4 Å². The van der Waals surface area contributed by atoms with Crippen LogP contribution in [-0.2, 0) is 33.1 Å². The average molecular weight is 767 g/mol. The Hall–Kier alpha value is -4.61. The summed E-state index contributed by atoms with van der Waals surface area (Å²) < 4.78 is 124. The van der Waals surface area contributed by atoms with E-state index in [2.05, 4.69) is 9.97 Å². The zero-order chi connectivity index (χ0) is 37.4. The minimum Gasteiger partial charge on any atom is -0.331 e. The molecule has 0 aliphatic carbocycles. The second-order valence-electron chi connectivity index (χ2n) is 11.2. The van der Waals surface area contributed by atoms with Gasteiger partial charge in [0.25, 0.3) is 17.0 Å². The Labute approximate surface area is 284 Å². The Bertz CT molecular complexity index is 2410. The Morgan fingerprint density at radius 1 is 0.667 bits per heavy atom. The molecule has 276 valence electrons. The first-order valence-electron chi connectivity index (χ1n) is 15.0. The first kappa shape index (κ1) is 37.6. The fourth-order valence-electron chi connectivity index (χ4n) is 5.32. The third-order valence-corrected chi connectivity index (χ3v) is 10.2. The van der Waals surface area contributed by atoms with Gasteiger partial charge in [-0.1, -0.05) is 12.1 Å². The van der Waals surface area contributed by atoms with Crippen molar-refractivity contribution in [1.82, 2.24) is 37.7 Å². The summed E-state index contributed by atoms with van der Waals surface area (Å²) in [5.41, 5.74) is -8.84. The molecule has 5 aromatic rings. The van der Waals surface area contributed by atoms with Crippen LogP contribution in [0.4, 0.5) is 26.3 Å². The van der Waals surface area contributed by atoms with E-state index in [1.54, 1.807) is 27.5 Å². The number of nitrogens with zero attached hydrogens (tertiary/aromatic N) is 6. The van der Waals surface area contributed by atoms with E-state index in [9.17, 15) is 57.6 Å². The van der Waals surface area contributed by atoms with E-state index in [1.807, 2.05) is 12.1 Å². The summed E-state index contributed by atoms with van der Waals surface area (Å²) in [5, 5.41) is 0. The average Bonchev–Trinajstić information content (AvgIpc) is 3.69. The molecule has 0 aromatic carbocycles.